The summed E-state index contributed by atoms with van der Waals surface area (Å²) < 4.78 is 24.5. The van der Waals surface area contributed by atoms with E-state index in [1.54, 1.807) is 36.4 Å². The Hall–Kier alpha value is -3.24. The van der Waals surface area contributed by atoms with Crippen molar-refractivity contribution in [1.29, 1.82) is 0 Å². The van der Waals surface area contributed by atoms with Gasteiger partial charge in [0.05, 0.1) is 18.1 Å². The fourth-order valence-electron chi connectivity index (χ4n) is 2.62. The van der Waals surface area contributed by atoms with Gasteiger partial charge in [0.2, 0.25) is 0 Å². The van der Waals surface area contributed by atoms with Crippen LogP contribution in [0.3, 0.4) is 0 Å². The number of thioether (sulfide) groups is 1. The minimum absolute atomic E-state index is 0.0532. The summed E-state index contributed by atoms with van der Waals surface area (Å²) >= 11 is 0.849. The van der Waals surface area contributed by atoms with Gasteiger partial charge in [-0.15, -0.1) is 6.42 Å². The lowest BCUT2D eigenvalue weighted by Crippen LogP contribution is -2.28. The van der Waals surface area contributed by atoms with E-state index in [1.165, 1.54) is 12.1 Å². The Morgan fingerprint density at radius 1 is 1.14 bits per heavy atom. The molecule has 0 N–H and O–H groups in total. The van der Waals surface area contributed by atoms with Crippen molar-refractivity contribution in [3.05, 3.63) is 64.3 Å². The first-order valence-corrected chi connectivity index (χ1v) is 9.66. The van der Waals surface area contributed by atoms with E-state index in [-0.39, 0.29) is 24.2 Å². The van der Waals surface area contributed by atoms with Crippen LogP contribution >= 0.6 is 11.8 Å². The number of halogens is 1. The van der Waals surface area contributed by atoms with Crippen LogP contribution in [0.15, 0.2) is 47.4 Å². The summed E-state index contributed by atoms with van der Waals surface area (Å²) in [5.41, 5.74) is 1.51. The predicted molar refractivity (Wildman–Crippen MR) is 110 cm³/mol. The van der Waals surface area contributed by atoms with Gasteiger partial charge >= 0.3 is 0 Å². The zero-order chi connectivity index (χ0) is 20.8. The van der Waals surface area contributed by atoms with Crippen LogP contribution in [-0.4, -0.2) is 29.2 Å². The van der Waals surface area contributed by atoms with Gasteiger partial charge in [0.25, 0.3) is 11.1 Å². The van der Waals surface area contributed by atoms with Crippen molar-refractivity contribution >= 4 is 29.0 Å². The second-order valence-corrected chi connectivity index (χ2v) is 7.02. The van der Waals surface area contributed by atoms with Crippen molar-refractivity contribution in [3.63, 3.8) is 0 Å². The molecule has 7 heteroatoms. The number of nitrogens with zero attached hydrogens (tertiary/aromatic N) is 1. The zero-order valence-electron chi connectivity index (χ0n) is 15.7. The van der Waals surface area contributed by atoms with E-state index in [2.05, 4.69) is 5.92 Å². The number of rotatable bonds is 7. The third-order valence-corrected chi connectivity index (χ3v) is 4.90. The van der Waals surface area contributed by atoms with Crippen LogP contribution in [0.4, 0.5) is 9.18 Å². The summed E-state index contributed by atoms with van der Waals surface area (Å²) in [5.74, 6) is 2.62. The van der Waals surface area contributed by atoms with Gasteiger partial charge in [0.15, 0.2) is 11.5 Å². The highest BCUT2D eigenvalue weighted by atomic mass is 32.2. The molecule has 2 amide bonds. The number of hydrogen-bond acceptors (Lipinski definition) is 5. The standard InChI is InChI=1S/C22H18FNO4S/c1-3-11-24-21(25)20(29-22(24)26)13-16-7-10-18(19(12-16)27-4-2)28-14-15-5-8-17(23)9-6-15/h1,5-10,12-13H,4,11,14H2,2H3/b20-13-. The highest BCUT2D eigenvalue weighted by Crippen LogP contribution is 2.34. The number of imide groups is 1. The van der Waals surface area contributed by atoms with Crippen LogP contribution in [-0.2, 0) is 11.4 Å². The highest BCUT2D eigenvalue weighted by Gasteiger charge is 2.34. The average Bonchev–Trinajstić information content (AvgIpc) is 2.97. The van der Waals surface area contributed by atoms with Crippen LogP contribution in [0.2, 0.25) is 0 Å². The Morgan fingerprint density at radius 3 is 2.59 bits per heavy atom. The zero-order valence-corrected chi connectivity index (χ0v) is 16.5. The van der Waals surface area contributed by atoms with Gasteiger partial charge in [0.1, 0.15) is 12.4 Å². The van der Waals surface area contributed by atoms with Crippen molar-refractivity contribution in [1.82, 2.24) is 4.90 Å². The molecule has 29 heavy (non-hydrogen) atoms. The number of ether oxygens (including phenoxy) is 2. The second kappa shape index (κ2) is 9.30. The van der Waals surface area contributed by atoms with Gasteiger partial charge in [-0.3, -0.25) is 14.5 Å². The maximum absolute atomic E-state index is 13.0. The van der Waals surface area contributed by atoms with Crippen molar-refractivity contribution in [3.8, 4) is 23.8 Å². The van der Waals surface area contributed by atoms with E-state index in [1.807, 2.05) is 6.92 Å². The Morgan fingerprint density at radius 2 is 1.90 bits per heavy atom. The fraction of sp³-hybridized carbons (Fsp3) is 0.182. The SMILES string of the molecule is C#CCN1C(=O)S/C(=C\c2ccc(OCc3ccc(F)cc3)c(OCC)c2)C1=O. The number of carbonyl (C=O) groups is 2. The maximum Gasteiger partial charge on any atom is 0.294 e. The van der Waals surface area contributed by atoms with Gasteiger partial charge in [-0.1, -0.05) is 24.1 Å². The molecule has 148 valence electrons. The lowest BCUT2D eigenvalue weighted by Gasteiger charge is -2.13. The van der Waals surface area contributed by atoms with Crippen LogP contribution in [0.25, 0.3) is 6.08 Å². The molecule has 1 fully saturated rings. The molecule has 1 aliphatic rings. The van der Waals surface area contributed by atoms with Gasteiger partial charge < -0.3 is 9.47 Å². The number of hydrogen-bond donors (Lipinski definition) is 0. The summed E-state index contributed by atoms with van der Waals surface area (Å²) in [6.45, 7) is 2.48. The molecule has 0 radical (unpaired) electrons. The maximum atomic E-state index is 13.0. The molecule has 0 aromatic heterocycles. The number of terminal acetylenes is 1. The van der Waals surface area contributed by atoms with Crippen molar-refractivity contribution < 1.29 is 23.5 Å². The fourth-order valence-corrected chi connectivity index (χ4v) is 3.46. The van der Waals surface area contributed by atoms with E-state index in [0.29, 0.717) is 28.6 Å². The predicted octanol–water partition coefficient (Wildman–Crippen LogP) is 4.47. The van der Waals surface area contributed by atoms with Gasteiger partial charge in [0, 0.05) is 0 Å². The lowest BCUT2D eigenvalue weighted by atomic mass is 10.1. The molecule has 0 saturated carbocycles. The molecule has 5 nitrogen and oxygen atoms in total. The first-order chi connectivity index (χ1) is 14.0. The summed E-state index contributed by atoms with van der Waals surface area (Å²) in [6, 6.07) is 11.3. The van der Waals surface area contributed by atoms with Crippen LogP contribution in [0.1, 0.15) is 18.1 Å². The van der Waals surface area contributed by atoms with Gasteiger partial charge in [-0.2, -0.15) is 0 Å². The number of benzene rings is 2. The Labute approximate surface area is 172 Å². The second-order valence-electron chi connectivity index (χ2n) is 6.03. The Balaban J connectivity index is 1.79. The smallest absolute Gasteiger partial charge is 0.294 e. The molecule has 0 unspecified atom stereocenters. The van der Waals surface area contributed by atoms with Crippen LogP contribution in [0.5, 0.6) is 11.5 Å². The largest absolute Gasteiger partial charge is 0.490 e. The lowest BCUT2D eigenvalue weighted by molar-refractivity contribution is -0.122. The third-order valence-electron chi connectivity index (χ3n) is 4.00. The minimum Gasteiger partial charge on any atom is -0.490 e. The molecule has 0 bridgehead atoms. The van der Waals surface area contributed by atoms with Crippen LogP contribution in [0, 0.1) is 18.2 Å². The molecule has 3 rings (SSSR count). The van der Waals surface area contributed by atoms with Crippen LogP contribution < -0.4 is 9.47 Å². The Bertz CT molecular complexity index is 995. The van der Waals surface area contributed by atoms with E-state index >= 15 is 0 Å². The van der Waals surface area contributed by atoms with Crippen molar-refractivity contribution in [2.24, 2.45) is 0 Å². The van der Waals surface area contributed by atoms with E-state index in [0.717, 1.165) is 22.2 Å². The molecule has 1 heterocycles. The monoisotopic (exact) mass is 411 g/mol. The van der Waals surface area contributed by atoms with Crippen molar-refractivity contribution in [2.45, 2.75) is 13.5 Å². The molecule has 0 aliphatic carbocycles. The average molecular weight is 411 g/mol. The first kappa shape index (κ1) is 20.5. The van der Waals surface area contributed by atoms with E-state index in [9.17, 15) is 14.0 Å². The number of amides is 2. The molecule has 2 aromatic rings. The molecule has 0 spiro atoms. The normalized spacial score (nSPS) is 14.9. The number of carbonyl (C=O) groups excluding carboxylic acids is 2. The highest BCUT2D eigenvalue weighted by molar-refractivity contribution is 8.18. The first-order valence-electron chi connectivity index (χ1n) is 8.84. The van der Waals surface area contributed by atoms with E-state index < -0.39 is 5.91 Å². The molecule has 2 aromatic carbocycles. The topological polar surface area (TPSA) is 55.8 Å². The Kier molecular flexibility index (Phi) is 6.57. The molecule has 1 aliphatic heterocycles. The summed E-state index contributed by atoms with van der Waals surface area (Å²) in [5, 5.41) is -0.386. The third kappa shape index (κ3) is 4.98. The quantitative estimate of drug-likeness (QED) is 0.497. The summed E-state index contributed by atoms with van der Waals surface area (Å²) in [6.07, 6.45) is 6.82. The van der Waals surface area contributed by atoms with Gasteiger partial charge in [-0.05, 0) is 60.2 Å². The van der Waals surface area contributed by atoms with E-state index in [4.69, 9.17) is 15.9 Å². The molecular formula is C22H18FNO4S. The summed E-state index contributed by atoms with van der Waals surface area (Å²) in [7, 11) is 0. The van der Waals surface area contributed by atoms with Crippen molar-refractivity contribution in [2.75, 3.05) is 13.2 Å². The molecule has 1 saturated heterocycles. The van der Waals surface area contributed by atoms with Gasteiger partial charge in [-0.25, -0.2) is 4.39 Å². The minimum atomic E-state index is -0.410. The molecule has 0 atom stereocenters. The molecular weight excluding hydrogens is 393 g/mol. The summed E-state index contributed by atoms with van der Waals surface area (Å²) in [4.78, 5) is 25.5.